The molecule has 0 aromatic heterocycles. The van der Waals surface area contributed by atoms with E-state index in [0.29, 0.717) is 19.0 Å². The highest BCUT2D eigenvalue weighted by molar-refractivity contribution is 5.68. The Bertz CT molecular complexity index is 521. The molecule has 28 heavy (non-hydrogen) atoms. The van der Waals surface area contributed by atoms with Crippen LogP contribution in [0.5, 0.6) is 0 Å². The van der Waals surface area contributed by atoms with Crippen molar-refractivity contribution in [1.29, 1.82) is 0 Å². The summed E-state index contributed by atoms with van der Waals surface area (Å²) in [6.07, 6.45) is 1.97. The molecule has 0 saturated carbocycles. The van der Waals surface area contributed by atoms with Gasteiger partial charge in [0.05, 0.1) is 0 Å². The van der Waals surface area contributed by atoms with E-state index in [1.807, 2.05) is 76.9 Å². The summed E-state index contributed by atoms with van der Waals surface area (Å²) in [5.41, 5.74) is 0.619. The molecule has 1 fully saturated rings. The van der Waals surface area contributed by atoms with Crippen LogP contribution in [0.15, 0.2) is 30.3 Å². The van der Waals surface area contributed by atoms with Crippen molar-refractivity contribution < 1.29 is 19.1 Å². The first-order chi connectivity index (χ1) is 13.4. The zero-order chi connectivity index (χ0) is 21.4. The number of hydrogen-bond donors (Lipinski definition) is 1. The minimum Gasteiger partial charge on any atom is -0.463 e. The maximum atomic E-state index is 11.8. The van der Waals surface area contributed by atoms with E-state index >= 15 is 0 Å². The Hall–Kier alpha value is -2.08. The summed E-state index contributed by atoms with van der Waals surface area (Å²) in [5.74, 6) is 0.698. The molecule has 0 spiro atoms. The van der Waals surface area contributed by atoms with Crippen molar-refractivity contribution in [2.24, 2.45) is 5.92 Å². The van der Waals surface area contributed by atoms with Gasteiger partial charge in [-0.25, -0.2) is 4.79 Å². The lowest BCUT2D eigenvalue weighted by molar-refractivity contribution is -0.129. The van der Waals surface area contributed by atoms with E-state index < -0.39 is 0 Å². The number of nitrogens with one attached hydrogen (secondary N) is 1. The maximum absolute atomic E-state index is 11.8. The molecule has 0 unspecified atom stereocenters. The molecule has 0 atom stereocenters. The van der Waals surface area contributed by atoms with Gasteiger partial charge in [0.2, 0.25) is 0 Å². The molecule has 0 bridgehead atoms. The Morgan fingerprint density at radius 3 is 2.21 bits per heavy atom. The van der Waals surface area contributed by atoms with Gasteiger partial charge in [-0.05, 0) is 58.7 Å². The number of carbonyl (C=O) groups is 2. The van der Waals surface area contributed by atoms with Crippen LogP contribution in [0.25, 0.3) is 0 Å². The van der Waals surface area contributed by atoms with E-state index in [-0.39, 0.29) is 11.7 Å². The third kappa shape index (κ3) is 12.3. The van der Waals surface area contributed by atoms with E-state index in [1.165, 1.54) is 0 Å². The molecule has 1 saturated heterocycles. The molecule has 1 aliphatic rings. The summed E-state index contributed by atoms with van der Waals surface area (Å²) < 4.78 is 9.88. The van der Waals surface area contributed by atoms with E-state index in [2.05, 4.69) is 10.1 Å². The number of piperidine rings is 1. The van der Waals surface area contributed by atoms with Crippen LogP contribution >= 0.6 is 0 Å². The van der Waals surface area contributed by atoms with Crippen LogP contribution in [0, 0.1) is 5.92 Å². The standard InChI is InChI=1S/C12H24N2O2.C8H8O2.C2H6/c1-12(2,3)16-11(15)14-7-5-10(6-8-14)9-13-4;9-7-10-6-8-4-2-1-3-5-8;1-2/h10,13H,5-9H2,1-4H3;1-5,7H,6H2;1-2H3. The van der Waals surface area contributed by atoms with Crippen molar-refractivity contribution >= 4 is 12.6 Å². The number of benzene rings is 1. The number of ether oxygens (including phenoxy) is 2. The zero-order valence-corrected chi connectivity index (χ0v) is 18.4. The van der Waals surface area contributed by atoms with Crippen molar-refractivity contribution in [2.45, 2.75) is 59.7 Å². The van der Waals surface area contributed by atoms with E-state index in [4.69, 9.17) is 4.74 Å². The maximum Gasteiger partial charge on any atom is 0.410 e. The van der Waals surface area contributed by atoms with Gasteiger partial charge in [0.1, 0.15) is 12.2 Å². The minimum atomic E-state index is -0.390. The second-order valence-electron chi connectivity index (χ2n) is 7.36. The summed E-state index contributed by atoms with van der Waals surface area (Å²) in [7, 11) is 1.97. The van der Waals surface area contributed by atoms with Crippen LogP contribution in [0.3, 0.4) is 0 Å². The fourth-order valence-electron chi connectivity index (χ4n) is 2.64. The summed E-state index contributed by atoms with van der Waals surface area (Å²) in [5, 5.41) is 3.19. The first-order valence-electron chi connectivity index (χ1n) is 10.1. The molecule has 6 heteroatoms. The molecular weight excluding hydrogens is 356 g/mol. The van der Waals surface area contributed by atoms with Gasteiger partial charge in [-0.2, -0.15) is 0 Å². The normalized spacial score (nSPS) is 14.0. The molecule has 1 aliphatic heterocycles. The second kappa shape index (κ2) is 14.9. The molecule has 6 nitrogen and oxygen atoms in total. The fraction of sp³-hybridized carbons (Fsp3) is 0.636. The highest BCUT2D eigenvalue weighted by Crippen LogP contribution is 2.18. The smallest absolute Gasteiger partial charge is 0.410 e. The monoisotopic (exact) mass is 394 g/mol. The van der Waals surface area contributed by atoms with Crippen LogP contribution in [0.2, 0.25) is 0 Å². The average Bonchev–Trinajstić information content (AvgIpc) is 2.69. The predicted octanol–water partition coefficient (Wildman–Crippen LogP) is 4.24. The summed E-state index contributed by atoms with van der Waals surface area (Å²) in [6, 6.07) is 9.55. The lowest BCUT2D eigenvalue weighted by Gasteiger charge is -2.33. The predicted molar refractivity (Wildman–Crippen MR) is 113 cm³/mol. The van der Waals surface area contributed by atoms with Gasteiger partial charge in [-0.3, -0.25) is 4.79 Å². The lowest BCUT2D eigenvalue weighted by atomic mass is 9.97. The number of likely N-dealkylation sites (tertiary alicyclic amines) is 1. The van der Waals surface area contributed by atoms with Crippen molar-refractivity contribution in [3.63, 3.8) is 0 Å². The minimum absolute atomic E-state index is 0.171. The zero-order valence-electron chi connectivity index (χ0n) is 18.4. The molecule has 1 aromatic rings. The van der Waals surface area contributed by atoms with Crippen molar-refractivity contribution in [3.05, 3.63) is 35.9 Å². The third-order valence-corrected chi connectivity index (χ3v) is 3.92. The molecule has 0 aliphatic carbocycles. The van der Waals surface area contributed by atoms with Crippen molar-refractivity contribution in [2.75, 3.05) is 26.7 Å². The first kappa shape index (κ1) is 25.9. The average molecular weight is 395 g/mol. The van der Waals surface area contributed by atoms with Gasteiger partial charge in [0, 0.05) is 13.1 Å². The van der Waals surface area contributed by atoms with Gasteiger partial charge in [0.15, 0.2) is 0 Å². The van der Waals surface area contributed by atoms with Gasteiger partial charge in [0.25, 0.3) is 6.47 Å². The Morgan fingerprint density at radius 2 is 1.75 bits per heavy atom. The number of amides is 1. The highest BCUT2D eigenvalue weighted by Gasteiger charge is 2.26. The molecule has 1 N–H and O–H groups in total. The van der Waals surface area contributed by atoms with Crippen LogP contribution in [0.1, 0.15) is 53.0 Å². The molecule has 1 heterocycles. The Morgan fingerprint density at radius 1 is 1.18 bits per heavy atom. The van der Waals surface area contributed by atoms with Crippen LogP contribution < -0.4 is 5.32 Å². The third-order valence-electron chi connectivity index (χ3n) is 3.92. The second-order valence-corrected chi connectivity index (χ2v) is 7.36. The van der Waals surface area contributed by atoms with Crippen molar-refractivity contribution in [3.8, 4) is 0 Å². The molecule has 0 radical (unpaired) electrons. The number of nitrogens with zero attached hydrogens (tertiary/aromatic N) is 1. The Labute approximate surface area is 170 Å². The number of rotatable bonds is 5. The van der Waals surface area contributed by atoms with Gasteiger partial charge < -0.3 is 19.7 Å². The van der Waals surface area contributed by atoms with Gasteiger partial charge >= 0.3 is 6.09 Å². The molecule has 1 amide bonds. The Kier molecular flexibility index (Phi) is 13.8. The van der Waals surface area contributed by atoms with E-state index in [9.17, 15) is 9.59 Å². The SMILES string of the molecule is CC.CNCC1CCN(C(=O)OC(C)(C)C)CC1.O=COCc1ccccc1. The largest absolute Gasteiger partial charge is 0.463 e. The van der Waals surface area contributed by atoms with Crippen LogP contribution in [-0.4, -0.2) is 49.7 Å². The van der Waals surface area contributed by atoms with Crippen molar-refractivity contribution in [1.82, 2.24) is 10.2 Å². The van der Waals surface area contributed by atoms with E-state index in [1.54, 1.807) is 0 Å². The fourth-order valence-corrected chi connectivity index (χ4v) is 2.64. The van der Waals surface area contributed by atoms with Gasteiger partial charge in [-0.1, -0.05) is 44.2 Å². The topological polar surface area (TPSA) is 67.9 Å². The molecule has 2 rings (SSSR count). The number of hydrogen-bond acceptors (Lipinski definition) is 5. The summed E-state index contributed by atoms with van der Waals surface area (Å²) in [4.78, 5) is 23.3. The summed E-state index contributed by atoms with van der Waals surface area (Å²) >= 11 is 0. The number of carbonyl (C=O) groups excluding carboxylic acids is 2. The summed E-state index contributed by atoms with van der Waals surface area (Å²) in [6.45, 7) is 13.2. The Balaban J connectivity index is 0.000000520. The first-order valence-corrected chi connectivity index (χ1v) is 10.1. The molecule has 1 aromatic carbocycles. The van der Waals surface area contributed by atoms with Gasteiger partial charge in [-0.15, -0.1) is 0 Å². The van der Waals surface area contributed by atoms with E-state index in [0.717, 1.165) is 38.0 Å². The molecule has 160 valence electrons. The van der Waals surface area contributed by atoms with Crippen LogP contribution in [-0.2, 0) is 20.9 Å². The quantitative estimate of drug-likeness (QED) is 0.757. The van der Waals surface area contributed by atoms with Crippen LogP contribution in [0.4, 0.5) is 4.79 Å². The lowest BCUT2D eigenvalue weighted by Crippen LogP contribution is -2.43. The highest BCUT2D eigenvalue weighted by atomic mass is 16.6. The molecular formula is C22H38N2O4.